The van der Waals surface area contributed by atoms with Gasteiger partial charge in [-0.25, -0.2) is 8.42 Å². The molecule has 0 spiro atoms. The molecule has 0 heterocycles. The van der Waals surface area contributed by atoms with Crippen LogP contribution in [0.3, 0.4) is 0 Å². The van der Waals surface area contributed by atoms with E-state index < -0.39 is 28.5 Å². The Morgan fingerprint density at radius 2 is 1.43 bits per heavy atom. The summed E-state index contributed by atoms with van der Waals surface area (Å²) < 4.78 is 27.9. The molecule has 4 bridgehead atoms. The molecule has 0 aromatic heterocycles. The maximum atomic E-state index is 14.5. The Bertz CT molecular complexity index is 1710. The number of nitrogens with one attached hydrogen (secondary N) is 1. The zero-order chi connectivity index (χ0) is 34.9. The van der Waals surface area contributed by atoms with Crippen LogP contribution in [0.25, 0.3) is 0 Å². The van der Waals surface area contributed by atoms with Crippen LogP contribution in [-0.4, -0.2) is 50.5 Å². The molecule has 0 saturated heterocycles. The molecule has 7 nitrogen and oxygen atoms in total. The predicted octanol–water partition coefficient (Wildman–Crippen LogP) is 7.64. The second-order valence-electron chi connectivity index (χ2n) is 15.1. The lowest BCUT2D eigenvalue weighted by Gasteiger charge is -2.57. The van der Waals surface area contributed by atoms with Crippen LogP contribution >= 0.6 is 23.2 Å². The Labute approximate surface area is 301 Å². The third kappa shape index (κ3) is 8.13. The standard InChI is InChI=1S/C39H47Cl2N3O4S/c1-26(2)23-42-38(46)36(19-27-8-5-4-6-9-27)43(24-33-34(40)10-7-11-35(33)41)37(45)25-44(49(3,47)48)32-14-12-31(13-15-32)39-20-28-16-29(21-39)18-30(17-28)22-39/h4-15,26,28-30,36H,16-25H2,1-3H3,(H,42,46)/t28?,29?,30?,36-,39?/m0/s1. The first-order valence-corrected chi connectivity index (χ1v) is 20.0. The second-order valence-corrected chi connectivity index (χ2v) is 17.8. The van der Waals surface area contributed by atoms with Gasteiger partial charge in [0.25, 0.3) is 0 Å². The number of amides is 2. The molecule has 10 heteroatoms. The lowest BCUT2D eigenvalue weighted by Crippen LogP contribution is -2.53. The molecule has 7 rings (SSSR count). The summed E-state index contributed by atoms with van der Waals surface area (Å²) in [5.41, 5.74) is 3.20. The van der Waals surface area contributed by atoms with Crippen molar-refractivity contribution < 1.29 is 18.0 Å². The molecular weight excluding hydrogens is 677 g/mol. The Hall–Kier alpha value is -3.07. The average molecular weight is 725 g/mol. The fourth-order valence-corrected chi connectivity index (χ4v) is 10.3. The Morgan fingerprint density at radius 3 is 1.96 bits per heavy atom. The molecule has 4 fully saturated rings. The fourth-order valence-electron chi connectivity index (χ4n) is 8.89. The number of hydrogen-bond donors (Lipinski definition) is 1. The van der Waals surface area contributed by atoms with Crippen molar-refractivity contribution in [3.05, 3.63) is 99.5 Å². The van der Waals surface area contributed by atoms with Gasteiger partial charge < -0.3 is 10.2 Å². The molecule has 4 saturated carbocycles. The number of carbonyl (C=O) groups is 2. The summed E-state index contributed by atoms with van der Waals surface area (Å²) in [6, 6.07) is 21.4. The fraction of sp³-hybridized carbons (Fsp3) is 0.487. The molecule has 0 radical (unpaired) electrons. The van der Waals surface area contributed by atoms with E-state index in [2.05, 4.69) is 17.4 Å². The smallest absolute Gasteiger partial charge is 0.244 e. The van der Waals surface area contributed by atoms with Crippen molar-refractivity contribution >= 4 is 50.7 Å². The van der Waals surface area contributed by atoms with E-state index >= 15 is 0 Å². The first-order chi connectivity index (χ1) is 23.3. The number of sulfonamides is 1. The van der Waals surface area contributed by atoms with Gasteiger partial charge >= 0.3 is 0 Å². The van der Waals surface area contributed by atoms with Crippen LogP contribution in [0, 0.1) is 23.7 Å². The molecule has 2 amide bonds. The van der Waals surface area contributed by atoms with Gasteiger partial charge in [-0.3, -0.25) is 13.9 Å². The predicted molar refractivity (Wildman–Crippen MR) is 197 cm³/mol. The lowest BCUT2D eigenvalue weighted by atomic mass is 9.48. The first-order valence-electron chi connectivity index (χ1n) is 17.4. The highest BCUT2D eigenvalue weighted by Crippen LogP contribution is 2.60. The summed E-state index contributed by atoms with van der Waals surface area (Å²) in [6.45, 7) is 3.85. The zero-order valence-corrected chi connectivity index (χ0v) is 30.9. The normalized spacial score (nSPS) is 23.3. The summed E-state index contributed by atoms with van der Waals surface area (Å²) in [5, 5.41) is 3.70. The maximum Gasteiger partial charge on any atom is 0.244 e. The van der Waals surface area contributed by atoms with Crippen LogP contribution in [-0.2, 0) is 38.0 Å². The maximum absolute atomic E-state index is 14.5. The number of hydrogen-bond acceptors (Lipinski definition) is 4. The molecule has 262 valence electrons. The summed E-state index contributed by atoms with van der Waals surface area (Å²) in [4.78, 5) is 29.9. The van der Waals surface area contributed by atoms with Crippen molar-refractivity contribution in [2.24, 2.45) is 23.7 Å². The van der Waals surface area contributed by atoms with Gasteiger partial charge in [0.2, 0.25) is 21.8 Å². The van der Waals surface area contributed by atoms with Gasteiger partial charge in [0.05, 0.1) is 11.9 Å². The topological polar surface area (TPSA) is 86.8 Å². The highest BCUT2D eigenvalue weighted by atomic mass is 35.5. The van der Waals surface area contributed by atoms with E-state index in [-0.39, 0.29) is 30.2 Å². The minimum Gasteiger partial charge on any atom is -0.354 e. The molecule has 0 unspecified atom stereocenters. The van der Waals surface area contributed by atoms with Crippen LogP contribution in [0.2, 0.25) is 10.0 Å². The number of nitrogens with zero attached hydrogens (tertiary/aromatic N) is 2. The van der Waals surface area contributed by atoms with Gasteiger partial charge in [0.15, 0.2) is 0 Å². The Morgan fingerprint density at radius 1 is 0.857 bits per heavy atom. The Balaban J connectivity index is 1.32. The third-order valence-electron chi connectivity index (χ3n) is 10.8. The molecule has 4 aliphatic carbocycles. The highest BCUT2D eigenvalue weighted by molar-refractivity contribution is 7.92. The van der Waals surface area contributed by atoms with Crippen LogP contribution in [0.1, 0.15) is 69.1 Å². The van der Waals surface area contributed by atoms with Crippen molar-refractivity contribution in [3.63, 3.8) is 0 Å². The highest BCUT2D eigenvalue weighted by Gasteiger charge is 2.51. The number of anilines is 1. The quantitative estimate of drug-likeness (QED) is 0.196. The van der Waals surface area contributed by atoms with Crippen molar-refractivity contribution in [3.8, 4) is 0 Å². The van der Waals surface area contributed by atoms with E-state index in [4.69, 9.17) is 23.2 Å². The van der Waals surface area contributed by atoms with Crippen molar-refractivity contribution in [1.82, 2.24) is 10.2 Å². The van der Waals surface area contributed by atoms with Gasteiger partial charge in [-0.15, -0.1) is 0 Å². The largest absolute Gasteiger partial charge is 0.354 e. The molecule has 4 aliphatic rings. The third-order valence-corrected chi connectivity index (χ3v) is 12.7. The van der Waals surface area contributed by atoms with E-state index in [9.17, 15) is 18.0 Å². The van der Waals surface area contributed by atoms with Gasteiger partial charge in [-0.05, 0) is 103 Å². The van der Waals surface area contributed by atoms with Crippen molar-refractivity contribution in [2.45, 2.75) is 76.8 Å². The minimum absolute atomic E-state index is 0.0769. The lowest BCUT2D eigenvalue weighted by molar-refractivity contribution is -0.140. The molecular formula is C39H47Cl2N3O4S. The Kier molecular flexibility index (Phi) is 10.7. The summed E-state index contributed by atoms with van der Waals surface area (Å²) in [5.74, 6) is 1.68. The van der Waals surface area contributed by atoms with Gasteiger partial charge in [0.1, 0.15) is 12.6 Å². The number of benzene rings is 3. The van der Waals surface area contributed by atoms with Crippen LogP contribution in [0.5, 0.6) is 0 Å². The number of rotatable bonds is 13. The molecule has 1 N–H and O–H groups in total. The first kappa shape index (κ1) is 35.7. The summed E-state index contributed by atoms with van der Waals surface area (Å²) >= 11 is 13.2. The van der Waals surface area contributed by atoms with Gasteiger partial charge in [0, 0.05) is 35.1 Å². The monoisotopic (exact) mass is 723 g/mol. The molecule has 49 heavy (non-hydrogen) atoms. The molecule has 3 aromatic rings. The van der Waals surface area contributed by atoms with Crippen LogP contribution in [0.15, 0.2) is 72.8 Å². The van der Waals surface area contributed by atoms with E-state index in [0.29, 0.717) is 27.8 Å². The van der Waals surface area contributed by atoms with Crippen molar-refractivity contribution in [1.29, 1.82) is 0 Å². The zero-order valence-electron chi connectivity index (χ0n) is 28.6. The molecule has 3 aromatic carbocycles. The van der Waals surface area contributed by atoms with Gasteiger partial charge in [-0.1, -0.05) is 85.6 Å². The SMILES string of the molecule is CC(C)CNC(=O)[C@H](Cc1ccccc1)N(Cc1c(Cl)cccc1Cl)C(=O)CN(c1ccc(C23CC4CC(CC(C4)C2)C3)cc1)S(C)(=O)=O. The van der Waals surface area contributed by atoms with E-state index in [1.807, 2.05) is 56.3 Å². The molecule has 0 aliphatic heterocycles. The minimum atomic E-state index is -3.89. The summed E-state index contributed by atoms with van der Waals surface area (Å²) in [7, 11) is -3.89. The van der Waals surface area contributed by atoms with E-state index in [1.54, 1.807) is 18.2 Å². The second kappa shape index (κ2) is 14.7. The molecule has 1 atom stereocenters. The van der Waals surface area contributed by atoms with Crippen LogP contribution < -0.4 is 9.62 Å². The van der Waals surface area contributed by atoms with Crippen LogP contribution in [0.4, 0.5) is 5.69 Å². The van der Waals surface area contributed by atoms with Crippen molar-refractivity contribution in [2.75, 3.05) is 23.7 Å². The number of carbonyl (C=O) groups excluding carboxylic acids is 2. The van der Waals surface area contributed by atoms with E-state index in [1.165, 1.54) is 49.0 Å². The average Bonchev–Trinajstić information content (AvgIpc) is 3.04. The summed E-state index contributed by atoms with van der Waals surface area (Å²) in [6.07, 6.45) is 8.97. The number of halogens is 2. The van der Waals surface area contributed by atoms with Gasteiger partial charge in [-0.2, -0.15) is 0 Å². The van der Waals surface area contributed by atoms with E-state index in [0.717, 1.165) is 33.9 Å².